The number of ether oxygens (including phenoxy) is 1. The van der Waals surface area contributed by atoms with Gasteiger partial charge in [0.25, 0.3) is 0 Å². The van der Waals surface area contributed by atoms with Crippen LogP contribution in [0, 0.1) is 0 Å². The fraction of sp³-hybridized carbons (Fsp3) is 0.417. The number of rotatable bonds is 3. The van der Waals surface area contributed by atoms with E-state index in [1.807, 2.05) is 18.9 Å². The van der Waals surface area contributed by atoms with E-state index in [9.17, 15) is 8.78 Å². The zero-order valence-corrected chi connectivity index (χ0v) is 10.2. The highest BCUT2D eigenvalue weighted by Gasteiger charge is 2.36. The summed E-state index contributed by atoms with van der Waals surface area (Å²) >= 11 is 0. The lowest BCUT2D eigenvalue weighted by molar-refractivity contribution is -0.0498. The molecule has 98 valence electrons. The molecule has 2 N–H and O–H groups in total. The van der Waals surface area contributed by atoms with Crippen LogP contribution < -0.4 is 10.5 Å². The maximum Gasteiger partial charge on any atom is 0.387 e. The fourth-order valence-corrected chi connectivity index (χ4v) is 1.98. The zero-order valence-electron chi connectivity index (χ0n) is 10.2. The van der Waals surface area contributed by atoms with E-state index in [4.69, 9.17) is 5.73 Å². The summed E-state index contributed by atoms with van der Waals surface area (Å²) in [6, 6.07) is 6.55. The predicted molar refractivity (Wildman–Crippen MR) is 64.7 cm³/mol. The zero-order chi connectivity index (χ0) is 13.3. The SMILES string of the molecule is CN1C(N)=NCC1(C)c1ccc(OC(F)F)cc1. The van der Waals surface area contributed by atoms with E-state index in [1.54, 1.807) is 12.1 Å². The third-order valence-electron chi connectivity index (χ3n) is 3.33. The van der Waals surface area contributed by atoms with E-state index in [-0.39, 0.29) is 11.3 Å². The second kappa shape index (κ2) is 4.44. The van der Waals surface area contributed by atoms with Crippen LogP contribution in [0.2, 0.25) is 0 Å². The molecular weight excluding hydrogens is 240 g/mol. The molecule has 1 aromatic rings. The molecule has 0 radical (unpaired) electrons. The van der Waals surface area contributed by atoms with Crippen molar-refractivity contribution in [2.45, 2.75) is 19.1 Å². The van der Waals surface area contributed by atoms with Crippen molar-refractivity contribution in [2.24, 2.45) is 10.7 Å². The molecule has 0 fully saturated rings. The Morgan fingerprint density at radius 2 is 2.00 bits per heavy atom. The van der Waals surface area contributed by atoms with E-state index in [1.165, 1.54) is 12.1 Å². The van der Waals surface area contributed by atoms with Crippen LogP contribution in [-0.4, -0.2) is 31.1 Å². The topological polar surface area (TPSA) is 50.8 Å². The monoisotopic (exact) mass is 255 g/mol. The van der Waals surface area contributed by atoms with Crippen LogP contribution in [-0.2, 0) is 5.54 Å². The average Bonchev–Trinajstić information content (AvgIpc) is 2.58. The molecule has 6 heteroatoms. The molecular formula is C12H15F2N3O. The number of halogens is 2. The smallest absolute Gasteiger partial charge is 0.387 e. The van der Waals surface area contributed by atoms with Gasteiger partial charge in [0.15, 0.2) is 5.96 Å². The first-order valence-corrected chi connectivity index (χ1v) is 5.52. The quantitative estimate of drug-likeness (QED) is 0.895. The summed E-state index contributed by atoms with van der Waals surface area (Å²) in [5.41, 5.74) is 6.35. The van der Waals surface area contributed by atoms with Gasteiger partial charge in [-0.2, -0.15) is 8.78 Å². The van der Waals surface area contributed by atoms with Gasteiger partial charge in [-0.15, -0.1) is 0 Å². The Labute approximate surface area is 104 Å². The Bertz CT molecular complexity index is 461. The van der Waals surface area contributed by atoms with Gasteiger partial charge < -0.3 is 15.4 Å². The number of nitrogens with two attached hydrogens (primary N) is 1. The summed E-state index contributed by atoms with van der Waals surface area (Å²) in [7, 11) is 1.86. The molecule has 1 aliphatic heterocycles. The number of hydrogen-bond acceptors (Lipinski definition) is 4. The number of nitrogens with zero attached hydrogens (tertiary/aromatic N) is 2. The molecule has 0 saturated heterocycles. The highest BCUT2D eigenvalue weighted by molar-refractivity contribution is 5.81. The standard InChI is InChI=1S/C12H15F2N3O/c1-12(7-16-11(15)17(12)2)8-3-5-9(6-4-8)18-10(13)14/h3-6,10H,7H2,1-2H3,(H2,15,16). The third kappa shape index (κ3) is 2.10. The van der Waals surface area contributed by atoms with E-state index >= 15 is 0 Å². The molecule has 1 unspecified atom stereocenters. The molecule has 2 rings (SSSR count). The lowest BCUT2D eigenvalue weighted by Crippen LogP contribution is -2.44. The molecule has 0 saturated carbocycles. The number of likely N-dealkylation sites (N-methyl/N-ethyl adjacent to an activating group) is 1. The summed E-state index contributed by atoms with van der Waals surface area (Å²) in [5, 5.41) is 0. The first-order chi connectivity index (χ1) is 8.43. The number of benzene rings is 1. The van der Waals surface area contributed by atoms with Gasteiger partial charge in [0.05, 0.1) is 12.1 Å². The Morgan fingerprint density at radius 3 is 2.44 bits per heavy atom. The van der Waals surface area contributed by atoms with Gasteiger partial charge in [-0.1, -0.05) is 12.1 Å². The lowest BCUT2D eigenvalue weighted by Gasteiger charge is -2.33. The molecule has 18 heavy (non-hydrogen) atoms. The van der Waals surface area contributed by atoms with Crippen molar-refractivity contribution in [1.29, 1.82) is 0 Å². The van der Waals surface area contributed by atoms with Crippen LogP contribution in [0.15, 0.2) is 29.3 Å². The number of alkyl halides is 2. The second-order valence-corrected chi connectivity index (χ2v) is 4.41. The molecule has 4 nitrogen and oxygen atoms in total. The summed E-state index contributed by atoms with van der Waals surface area (Å²) in [4.78, 5) is 6.06. The normalized spacial score (nSPS) is 23.4. The number of hydrogen-bond donors (Lipinski definition) is 1. The molecule has 0 aliphatic carbocycles. The Kier molecular flexibility index (Phi) is 3.11. The summed E-state index contributed by atoms with van der Waals surface area (Å²) in [6.07, 6.45) is 0. The Hall–Kier alpha value is -1.85. The minimum Gasteiger partial charge on any atom is -0.435 e. The molecule has 1 atom stereocenters. The first kappa shape index (κ1) is 12.6. The summed E-state index contributed by atoms with van der Waals surface area (Å²) in [5.74, 6) is 0.622. The minimum absolute atomic E-state index is 0.145. The predicted octanol–water partition coefficient (Wildman–Crippen LogP) is 1.76. The maximum atomic E-state index is 12.0. The third-order valence-corrected chi connectivity index (χ3v) is 3.33. The van der Waals surface area contributed by atoms with Crippen molar-refractivity contribution in [3.63, 3.8) is 0 Å². The van der Waals surface area contributed by atoms with Gasteiger partial charge in [0, 0.05) is 7.05 Å². The highest BCUT2D eigenvalue weighted by atomic mass is 19.3. The molecule has 0 bridgehead atoms. The highest BCUT2D eigenvalue weighted by Crippen LogP contribution is 2.32. The first-order valence-electron chi connectivity index (χ1n) is 5.52. The van der Waals surface area contributed by atoms with Crippen molar-refractivity contribution in [3.05, 3.63) is 29.8 Å². The van der Waals surface area contributed by atoms with Crippen molar-refractivity contribution in [2.75, 3.05) is 13.6 Å². The molecule has 0 aromatic heterocycles. The van der Waals surface area contributed by atoms with Gasteiger partial charge in [-0.25, -0.2) is 0 Å². The van der Waals surface area contributed by atoms with Crippen molar-refractivity contribution in [3.8, 4) is 5.75 Å². The van der Waals surface area contributed by atoms with E-state index in [0.29, 0.717) is 12.5 Å². The van der Waals surface area contributed by atoms with Gasteiger partial charge >= 0.3 is 6.61 Å². The van der Waals surface area contributed by atoms with Crippen LogP contribution in [0.4, 0.5) is 8.78 Å². The van der Waals surface area contributed by atoms with Crippen LogP contribution in [0.3, 0.4) is 0 Å². The molecule has 1 heterocycles. The van der Waals surface area contributed by atoms with Crippen LogP contribution >= 0.6 is 0 Å². The largest absolute Gasteiger partial charge is 0.435 e. The van der Waals surface area contributed by atoms with Crippen LogP contribution in [0.25, 0.3) is 0 Å². The van der Waals surface area contributed by atoms with Crippen molar-refractivity contribution in [1.82, 2.24) is 4.90 Å². The molecule has 1 aromatic carbocycles. The van der Waals surface area contributed by atoms with Crippen LogP contribution in [0.5, 0.6) is 5.75 Å². The second-order valence-electron chi connectivity index (χ2n) is 4.41. The minimum atomic E-state index is -2.81. The van der Waals surface area contributed by atoms with Gasteiger partial charge in [0.2, 0.25) is 0 Å². The Balaban J connectivity index is 2.20. The van der Waals surface area contributed by atoms with Gasteiger partial charge in [0.1, 0.15) is 5.75 Å². The molecule has 0 amide bonds. The van der Waals surface area contributed by atoms with Crippen LogP contribution in [0.1, 0.15) is 12.5 Å². The van der Waals surface area contributed by atoms with E-state index in [0.717, 1.165) is 5.56 Å². The summed E-state index contributed by atoms with van der Waals surface area (Å²) < 4.78 is 28.4. The van der Waals surface area contributed by atoms with Gasteiger partial charge in [-0.3, -0.25) is 4.99 Å². The van der Waals surface area contributed by atoms with Crippen molar-refractivity contribution >= 4 is 5.96 Å². The molecule has 0 spiro atoms. The Morgan fingerprint density at radius 1 is 1.39 bits per heavy atom. The van der Waals surface area contributed by atoms with Crippen molar-refractivity contribution < 1.29 is 13.5 Å². The summed E-state index contributed by atoms with van der Waals surface area (Å²) in [6.45, 7) is -0.261. The molecule has 1 aliphatic rings. The maximum absolute atomic E-state index is 12.0. The lowest BCUT2D eigenvalue weighted by atomic mass is 9.91. The average molecular weight is 255 g/mol. The number of guanidine groups is 1. The van der Waals surface area contributed by atoms with E-state index < -0.39 is 6.61 Å². The van der Waals surface area contributed by atoms with Gasteiger partial charge in [-0.05, 0) is 24.6 Å². The number of aliphatic imine (C=N–C) groups is 1. The fourth-order valence-electron chi connectivity index (χ4n) is 1.98. The van der Waals surface area contributed by atoms with E-state index in [2.05, 4.69) is 9.73 Å².